The fraction of sp³-hybridized carbons (Fsp3) is 0.143. The van der Waals surface area contributed by atoms with Crippen molar-refractivity contribution in [2.75, 3.05) is 0 Å². The van der Waals surface area contributed by atoms with E-state index in [0.29, 0.717) is 18.7 Å². The van der Waals surface area contributed by atoms with Gasteiger partial charge in [0.1, 0.15) is 12.4 Å². The Morgan fingerprint density at radius 2 is 1.50 bits per heavy atom. The predicted octanol–water partition coefficient (Wildman–Crippen LogP) is 5.38. The van der Waals surface area contributed by atoms with E-state index in [1.807, 2.05) is 60.7 Å². The second-order valence-corrected chi connectivity index (χ2v) is 7.62. The number of para-hydroxylation sites is 1. The number of benzene rings is 3. The van der Waals surface area contributed by atoms with E-state index in [2.05, 4.69) is 40.6 Å². The minimum Gasteiger partial charge on any atom is -0.489 e. The lowest BCUT2D eigenvalue weighted by Gasteiger charge is -2.12. The molecule has 0 aliphatic carbocycles. The Kier molecular flexibility index (Phi) is 7.27. The molecule has 0 saturated carbocycles. The number of ether oxygens (including phenoxy) is 1. The van der Waals surface area contributed by atoms with Crippen LogP contribution < -0.4 is 10.1 Å². The van der Waals surface area contributed by atoms with Gasteiger partial charge in [0, 0.05) is 24.5 Å². The SMILES string of the molecule is O=C(NCc1cccnc1)c1ccc(COc2ccccc2CCc2ccccc2)cc1. The molecule has 4 heteroatoms. The van der Waals surface area contributed by atoms with Crippen molar-refractivity contribution in [2.24, 2.45) is 0 Å². The molecule has 0 radical (unpaired) electrons. The Labute approximate surface area is 188 Å². The zero-order chi connectivity index (χ0) is 22.0. The number of nitrogens with one attached hydrogen (secondary N) is 1. The highest BCUT2D eigenvalue weighted by Gasteiger charge is 2.07. The first-order valence-electron chi connectivity index (χ1n) is 10.8. The first kappa shape index (κ1) is 21.3. The monoisotopic (exact) mass is 422 g/mol. The largest absolute Gasteiger partial charge is 0.489 e. The zero-order valence-corrected chi connectivity index (χ0v) is 17.9. The van der Waals surface area contributed by atoms with Gasteiger partial charge < -0.3 is 10.1 Å². The van der Waals surface area contributed by atoms with E-state index in [4.69, 9.17) is 4.74 Å². The smallest absolute Gasteiger partial charge is 0.251 e. The summed E-state index contributed by atoms with van der Waals surface area (Å²) in [4.78, 5) is 16.4. The molecule has 4 rings (SSSR count). The molecule has 32 heavy (non-hydrogen) atoms. The fourth-order valence-corrected chi connectivity index (χ4v) is 3.48. The van der Waals surface area contributed by atoms with Gasteiger partial charge >= 0.3 is 0 Å². The lowest BCUT2D eigenvalue weighted by Crippen LogP contribution is -2.22. The molecule has 0 unspecified atom stereocenters. The molecule has 1 amide bonds. The van der Waals surface area contributed by atoms with Crippen molar-refractivity contribution in [3.05, 3.63) is 131 Å². The van der Waals surface area contributed by atoms with Crippen LogP contribution in [0.15, 0.2) is 103 Å². The van der Waals surface area contributed by atoms with Crippen molar-refractivity contribution in [3.63, 3.8) is 0 Å². The molecule has 0 aliphatic heterocycles. The minimum absolute atomic E-state index is 0.104. The van der Waals surface area contributed by atoms with E-state index >= 15 is 0 Å². The quantitative estimate of drug-likeness (QED) is 0.394. The molecule has 4 nitrogen and oxygen atoms in total. The maximum Gasteiger partial charge on any atom is 0.251 e. The normalized spacial score (nSPS) is 10.5. The third kappa shape index (κ3) is 6.05. The summed E-state index contributed by atoms with van der Waals surface area (Å²) >= 11 is 0. The number of hydrogen-bond donors (Lipinski definition) is 1. The molecule has 0 spiro atoms. The molecule has 1 N–H and O–H groups in total. The number of carbonyl (C=O) groups is 1. The summed E-state index contributed by atoms with van der Waals surface area (Å²) in [5, 5.41) is 2.92. The highest BCUT2D eigenvalue weighted by atomic mass is 16.5. The Morgan fingerprint density at radius 1 is 0.750 bits per heavy atom. The summed E-state index contributed by atoms with van der Waals surface area (Å²) in [5.41, 5.74) is 5.13. The van der Waals surface area contributed by atoms with E-state index in [1.54, 1.807) is 12.4 Å². The van der Waals surface area contributed by atoms with Gasteiger partial charge in [0.25, 0.3) is 5.91 Å². The first-order valence-corrected chi connectivity index (χ1v) is 10.8. The van der Waals surface area contributed by atoms with Gasteiger partial charge in [-0.2, -0.15) is 0 Å². The van der Waals surface area contributed by atoms with Gasteiger partial charge in [-0.25, -0.2) is 0 Å². The summed E-state index contributed by atoms with van der Waals surface area (Å²) in [6.45, 7) is 0.914. The third-order valence-electron chi connectivity index (χ3n) is 5.28. The Hall–Kier alpha value is -3.92. The number of nitrogens with zero attached hydrogens (tertiary/aromatic N) is 1. The molecule has 4 aromatic rings. The van der Waals surface area contributed by atoms with Crippen LogP contribution in [0.3, 0.4) is 0 Å². The second kappa shape index (κ2) is 10.9. The van der Waals surface area contributed by atoms with Gasteiger partial charge in [-0.15, -0.1) is 0 Å². The van der Waals surface area contributed by atoms with Crippen LogP contribution in [0.4, 0.5) is 0 Å². The average Bonchev–Trinajstić information content (AvgIpc) is 2.87. The van der Waals surface area contributed by atoms with Gasteiger partial charge in [0.2, 0.25) is 0 Å². The van der Waals surface area contributed by atoms with E-state index < -0.39 is 0 Å². The van der Waals surface area contributed by atoms with Crippen LogP contribution in [0.25, 0.3) is 0 Å². The second-order valence-electron chi connectivity index (χ2n) is 7.62. The van der Waals surface area contributed by atoms with Gasteiger partial charge in [0.15, 0.2) is 0 Å². The zero-order valence-electron chi connectivity index (χ0n) is 17.9. The van der Waals surface area contributed by atoms with E-state index in [9.17, 15) is 4.79 Å². The van der Waals surface area contributed by atoms with Crippen LogP contribution in [0, 0.1) is 0 Å². The Balaban J connectivity index is 1.31. The van der Waals surface area contributed by atoms with Crippen LogP contribution in [0.2, 0.25) is 0 Å². The Bertz CT molecular complexity index is 1130. The van der Waals surface area contributed by atoms with Crippen LogP contribution in [-0.2, 0) is 26.0 Å². The molecule has 0 atom stereocenters. The topological polar surface area (TPSA) is 51.2 Å². The van der Waals surface area contributed by atoms with Crippen molar-refractivity contribution in [1.29, 1.82) is 0 Å². The predicted molar refractivity (Wildman–Crippen MR) is 126 cm³/mol. The number of carbonyl (C=O) groups excluding carboxylic acids is 1. The van der Waals surface area contributed by atoms with E-state index in [-0.39, 0.29) is 5.91 Å². The molecule has 0 bridgehead atoms. The van der Waals surface area contributed by atoms with Crippen molar-refractivity contribution >= 4 is 5.91 Å². The molecule has 0 saturated heterocycles. The highest BCUT2D eigenvalue weighted by molar-refractivity contribution is 5.94. The highest BCUT2D eigenvalue weighted by Crippen LogP contribution is 2.21. The maximum atomic E-state index is 12.4. The van der Waals surface area contributed by atoms with Crippen molar-refractivity contribution in [3.8, 4) is 5.75 Å². The van der Waals surface area contributed by atoms with Crippen molar-refractivity contribution in [2.45, 2.75) is 26.0 Å². The fourth-order valence-electron chi connectivity index (χ4n) is 3.48. The molecule has 3 aromatic carbocycles. The number of hydrogen-bond acceptors (Lipinski definition) is 3. The molecular formula is C28H26N2O2. The van der Waals surface area contributed by atoms with Crippen molar-refractivity contribution in [1.82, 2.24) is 10.3 Å². The van der Waals surface area contributed by atoms with E-state index in [0.717, 1.165) is 29.7 Å². The van der Waals surface area contributed by atoms with Gasteiger partial charge in [-0.1, -0.05) is 66.7 Å². The van der Waals surface area contributed by atoms with Crippen molar-refractivity contribution < 1.29 is 9.53 Å². The third-order valence-corrected chi connectivity index (χ3v) is 5.28. The molecule has 1 aromatic heterocycles. The minimum atomic E-state index is -0.104. The van der Waals surface area contributed by atoms with Gasteiger partial charge in [0.05, 0.1) is 0 Å². The average molecular weight is 423 g/mol. The molecule has 160 valence electrons. The standard InChI is InChI=1S/C28H26N2O2/c31-28(30-20-24-9-6-18-29-19-24)26-16-13-23(14-17-26)21-32-27-11-5-4-10-25(27)15-12-22-7-2-1-3-8-22/h1-11,13-14,16-19H,12,15,20-21H2,(H,30,31). The summed E-state index contributed by atoms with van der Waals surface area (Å²) in [5.74, 6) is 0.800. The number of pyridine rings is 1. The summed E-state index contributed by atoms with van der Waals surface area (Å²) < 4.78 is 6.11. The van der Waals surface area contributed by atoms with Crippen LogP contribution in [0.5, 0.6) is 5.75 Å². The lowest BCUT2D eigenvalue weighted by molar-refractivity contribution is 0.0951. The van der Waals surface area contributed by atoms with E-state index in [1.165, 1.54) is 11.1 Å². The summed E-state index contributed by atoms with van der Waals surface area (Å²) in [7, 11) is 0. The number of aryl methyl sites for hydroxylation is 2. The molecule has 0 fully saturated rings. The number of aromatic nitrogens is 1. The molecule has 1 heterocycles. The Morgan fingerprint density at radius 3 is 2.28 bits per heavy atom. The number of rotatable bonds is 9. The van der Waals surface area contributed by atoms with Gasteiger partial charge in [-0.05, 0) is 59.4 Å². The molecule has 0 aliphatic rings. The van der Waals surface area contributed by atoms with Crippen LogP contribution >= 0.6 is 0 Å². The van der Waals surface area contributed by atoms with Crippen LogP contribution in [0.1, 0.15) is 32.6 Å². The summed E-state index contributed by atoms with van der Waals surface area (Å²) in [6.07, 6.45) is 5.37. The maximum absolute atomic E-state index is 12.4. The summed E-state index contributed by atoms with van der Waals surface area (Å²) in [6, 6.07) is 30.0. The molecular weight excluding hydrogens is 396 g/mol. The number of amides is 1. The first-order chi connectivity index (χ1) is 15.8. The van der Waals surface area contributed by atoms with Crippen LogP contribution in [-0.4, -0.2) is 10.9 Å². The lowest BCUT2D eigenvalue weighted by atomic mass is 10.0. The van der Waals surface area contributed by atoms with Gasteiger partial charge in [-0.3, -0.25) is 9.78 Å².